The molecule has 5 rings (SSSR count). The van der Waals surface area contributed by atoms with E-state index in [1.807, 2.05) is 72.8 Å². The smallest absolute Gasteiger partial charge is 0.161 e. The lowest BCUT2D eigenvalue weighted by atomic mass is 9.78. The van der Waals surface area contributed by atoms with Crippen LogP contribution in [0.25, 0.3) is 10.9 Å². The maximum absolute atomic E-state index is 14.2. The fourth-order valence-electron chi connectivity index (χ4n) is 5.81. The van der Waals surface area contributed by atoms with Crippen LogP contribution in [0.1, 0.15) is 29.9 Å². The highest BCUT2D eigenvalue weighted by Gasteiger charge is 2.34. The van der Waals surface area contributed by atoms with Gasteiger partial charge in [-0.15, -0.1) is 0 Å². The van der Waals surface area contributed by atoms with Gasteiger partial charge in [-0.25, -0.2) is 0 Å². The number of aromatic nitrogens is 1. The van der Waals surface area contributed by atoms with E-state index in [1.54, 1.807) is 27.5 Å². The van der Waals surface area contributed by atoms with Gasteiger partial charge in [0.25, 0.3) is 0 Å². The number of likely N-dealkylation sites (tertiary alicyclic amines) is 1. The Labute approximate surface area is 246 Å². The van der Waals surface area contributed by atoms with E-state index in [2.05, 4.69) is 9.88 Å². The quantitative estimate of drug-likeness (QED) is 0.251. The van der Waals surface area contributed by atoms with Gasteiger partial charge in [0.1, 0.15) is 30.0 Å². The van der Waals surface area contributed by atoms with Crippen molar-refractivity contribution < 1.29 is 28.8 Å². The average molecular weight is 571 g/mol. The Morgan fingerprint density at radius 1 is 0.881 bits per heavy atom. The molecule has 2 heterocycles. The number of fused-ring (bicyclic) bond motifs is 1. The third-order valence-electron chi connectivity index (χ3n) is 7.97. The Hall–Kier alpha value is -4.14. The van der Waals surface area contributed by atoms with E-state index in [1.165, 1.54) is 0 Å². The number of hydrogen-bond acceptors (Lipinski definition) is 8. The molecule has 1 aromatic heterocycles. The summed E-state index contributed by atoms with van der Waals surface area (Å²) in [5.41, 5.74) is 2.52. The number of benzene rings is 3. The van der Waals surface area contributed by atoms with Crippen LogP contribution in [0.4, 0.5) is 0 Å². The largest absolute Gasteiger partial charge is 0.496 e. The standard InChI is InChI=1S/C34H38N2O6/c1-39-29-11-5-4-8-27(29)33(24-13-14-31(40-2)32(20-24)41-3)34(38)23-15-18-36(19-16-23)21-25(37)22-42-30-12-6-10-28-26(30)9-7-17-35-28/h4-14,17,20,23,25,33,37H,15-16,18-19,21-22H2,1-3H3. The van der Waals surface area contributed by atoms with Crippen LogP contribution >= 0.6 is 0 Å². The minimum Gasteiger partial charge on any atom is -0.496 e. The summed E-state index contributed by atoms with van der Waals surface area (Å²) in [5, 5.41) is 11.7. The van der Waals surface area contributed by atoms with Gasteiger partial charge < -0.3 is 29.0 Å². The first-order valence-corrected chi connectivity index (χ1v) is 14.3. The number of Topliss-reactive ketones (excluding diaryl/α,β-unsaturated/α-hetero) is 1. The summed E-state index contributed by atoms with van der Waals surface area (Å²) < 4.78 is 22.6. The van der Waals surface area contributed by atoms with Gasteiger partial charge in [0.15, 0.2) is 11.5 Å². The van der Waals surface area contributed by atoms with Gasteiger partial charge in [-0.1, -0.05) is 30.3 Å². The highest BCUT2D eigenvalue weighted by molar-refractivity contribution is 5.92. The summed E-state index contributed by atoms with van der Waals surface area (Å²) in [6.07, 6.45) is 2.51. The number of para-hydroxylation sites is 1. The molecule has 8 nitrogen and oxygen atoms in total. The number of aliphatic hydroxyl groups excluding tert-OH is 1. The molecule has 4 aromatic rings. The number of carbonyl (C=O) groups is 1. The maximum atomic E-state index is 14.2. The van der Waals surface area contributed by atoms with E-state index in [-0.39, 0.29) is 18.3 Å². The van der Waals surface area contributed by atoms with Gasteiger partial charge in [0.05, 0.1) is 32.8 Å². The van der Waals surface area contributed by atoms with Gasteiger partial charge in [0, 0.05) is 29.6 Å². The molecule has 1 aliphatic heterocycles. The van der Waals surface area contributed by atoms with E-state index in [0.29, 0.717) is 42.4 Å². The topological polar surface area (TPSA) is 90.4 Å². The lowest BCUT2D eigenvalue weighted by Crippen LogP contribution is -2.42. The van der Waals surface area contributed by atoms with Crippen molar-refractivity contribution in [3.05, 3.63) is 90.1 Å². The number of piperidine rings is 1. The molecule has 2 unspecified atom stereocenters. The molecule has 1 aliphatic rings. The highest BCUT2D eigenvalue weighted by Crippen LogP contribution is 2.39. The Balaban J connectivity index is 1.25. The lowest BCUT2D eigenvalue weighted by Gasteiger charge is -2.34. The SMILES string of the molecule is COc1ccc(C(C(=O)C2CCN(CC(O)COc3cccc4ncccc34)CC2)c2ccccc2OC)cc1OC. The number of rotatable bonds is 12. The summed E-state index contributed by atoms with van der Waals surface area (Å²) in [7, 11) is 4.81. The Morgan fingerprint density at radius 3 is 2.38 bits per heavy atom. The van der Waals surface area contributed by atoms with Crippen molar-refractivity contribution in [1.29, 1.82) is 0 Å². The molecule has 1 N–H and O–H groups in total. The summed E-state index contributed by atoms with van der Waals surface area (Å²) in [5.74, 6) is 2.09. The molecule has 1 saturated heterocycles. The predicted molar refractivity (Wildman–Crippen MR) is 162 cm³/mol. The van der Waals surface area contributed by atoms with Crippen molar-refractivity contribution in [3.8, 4) is 23.0 Å². The minimum atomic E-state index is -0.655. The van der Waals surface area contributed by atoms with Crippen molar-refractivity contribution in [2.24, 2.45) is 5.92 Å². The first-order chi connectivity index (χ1) is 20.5. The van der Waals surface area contributed by atoms with E-state index in [4.69, 9.17) is 18.9 Å². The summed E-state index contributed by atoms with van der Waals surface area (Å²) >= 11 is 0. The third kappa shape index (κ3) is 6.50. The van der Waals surface area contributed by atoms with Gasteiger partial charge >= 0.3 is 0 Å². The number of pyridine rings is 1. The number of nitrogens with zero attached hydrogens (tertiary/aromatic N) is 2. The van der Waals surface area contributed by atoms with Crippen molar-refractivity contribution in [1.82, 2.24) is 9.88 Å². The molecule has 42 heavy (non-hydrogen) atoms. The first kappa shape index (κ1) is 29.4. The molecule has 3 aromatic carbocycles. The second-order valence-electron chi connectivity index (χ2n) is 10.6. The molecule has 0 spiro atoms. The van der Waals surface area contributed by atoms with Gasteiger partial charge in [-0.3, -0.25) is 9.78 Å². The zero-order chi connectivity index (χ0) is 29.5. The number of carbonyl (C=O) groups excluding carboxylic acids is 1. The summed E-state index contributed by atoms with van der Waals surface area (Å²) in [6, 6.07) is 22.9. The first-order valence-electron chi connectivity index (χ1n) is 14.3. The molecule has 8 heteroatoms. The summed E-state index contributed by atoms with van der Waals surface area (Å²) in [4.78, 5) is 20.8. The molecule has 220 valence electrons. The zero-order valence-electron chi connectivity index (χ0n) is 24.4. The van der Waals surface area contributed by atoms with Crippen LogP contribution in [0.2, 0.25) is 0 Å². The van der Waals surface area contributed by atoms with Crippen LogP contribution in [0.3, 0.4) is 0 Å². The van der Waals surface area contributed by atoms with Crippen molar-refractivity contribution in [2.75, 3.05) is 47.6 Å². The second kappa shape index (κ2) is 13.7. The Morgan fingerprint density at radius 2 is 1.62 bits per heavy atom. The zero-order valence-corrected chi connectivity index (χ0v) is 24.4. The van der Waals surface area contributed by atoms with Gasteiger partial charge in [-0.05, 0) is 74.0 Å². The Kier molecular flexibility index (Phi) is 9.56. The predicted octanol–water partition coefficient (Wildman–Crippen LogP) is 5.11. The number of methoxy groups -OCH3 is 3. The van der Waals surface area contributed by atoms with Crippen LogP contribution < -0.4 is 18.9 Å². The number of ether oxygens (including phenoxy) is 4. The van der Waals surface area contributed by atoms with Crippen molar-refractivity contribution in [3.63, 3.8) is 0 Å². The van der Waals surface area contributed by atoms with Crippen molar-refractivity contribution >= 4 is 16.7 Å². The molecule has 0 radical (unpaired) electrons. The number of aliphatic hydroxyl groups is 1. The number of β-amino-alcohol motifs (C(OH)–C–C–N with tert-alkyl or cyclic N) is 1. The molecule has 0 aliphatic carbocycles. The molecule has 0 saturated carbocycles. The van der Waals surface area contributed by atoms with Gasteiger partial charge in [0.2, 0.25) is 0 Å². The van der Waals surface area contributed by atoms with Crippen molar-refractivity contribution in [2.45, 2.75) is 24.9 Å². The Bertz CT molecular complexity index is 1500. The fraction of sp³-hybridized carbons (Fsp3) is 0.353. The highest BCUT2D eigenvalue weighted by atomic mass is 16.5. The van der Waals surface area contributed by atoms with E-state index in [9.17, 15) is 9.90 Å². The van der Waals surface area contributed by atoms with Gasteiger partial charge in [-0.2, -0.15) is 0 Å². The molecule has 0 bridgehead atoms. The molecule has 1 fully saturated rings. The normalized spacial score (nSPS) is 15.6. The van der Waals surface area contributed by atoms with Crippen LogP contribution in [-0.2, 0) is 4.79 Å². The number of hydrogen-bond donors (Lipinski definition) is 1. The van der Waals surface area contributed by atoms with E-state index < -0.39 is 12.0 Å². The molecular weight excluding hydrogens is 532 g/mol. The number of ketones is 1. The van der Waals surface area contributed by atoms with E-state index >= 15 is 0 Å². The lowest BCUT2D eigenvalue weighted by molar-refractivity contribution is -0.125. The van der Waals surface area contributed by atoms with Crippen LogP contribution in [0.5, 0.6) is 23.0 Å². The van der Waals surface area contributed by atoms with Crippen LogP contribution in [0, 0.1) is 5.92 Å². The second-order valence-corrected chi connectivity index (χ2v) is 10.6. The van der Waals surface area contributed by atoms with E-state index in [0.717, 1.165) is 35.1 Å². The monoisotopic (exact) mass is 570 g/mol. The van der Waals surface area contributed by atoms with Crippen LogP contribution in [-0.4, -0.2) is 74.4 Å². The third-order valence-corrected chi connectivity index (χ3v) is 7.97. The summed E-state index contributed by atoms with van der Waals surface area (Å²) in [6.45, 7) is 2.10. The average Bonchev–Trinajstić information content (AvgIpc) is 3.04. The minimum absolute atomic E-state index is 0.124. The maximum Gasteiger partial charge on any atom is 0.161 e. The van der Waals surface area contributed by atoms with Crippen LogP contribution in [0.15, 0.2) is 79.0 Å². The molecule has 0 amide bonds. The molecular formula is C34H38N2O6. The molecule has 2 atom stereocenters. The fourth-order valence-corrected chi connectivity index (χ4v) is 5.81.